The molecule has 0 unspecified atom stereocenters. The van der Waals surface area contributed by atoms with Crippen LogP contribution in [0.2, 0.25) is 0 Å². The fourth-order valence-corrected chi connectivity index (χ4v) is 4.72. The smallest absolute Gasteiger partial charge is 0.280 e. The molecule has 0 spiro atoms. The Hall–Kier alpha value is -3.71. The van der Waals surface area contributed by atoms with Crippen molar-refractivity contribution in [3.63, 3.8) is 0 Å². The monoisotopic (exact) mass is 456 g/mol. The molecule has 2 aromatic heterocycles. The first-order chi connectivity index (χ1) is 16.7. The number of benzene rings is 2. The summed E-state index contributed by atoms with van der Waals surface area (Å²) in [5, 5.41) is 4.58. The molecule has 0 saturated heterocycles. The van der Waals surface area contributed by atoms with Gasteiger partial charge in [-0.15, -0.1) is 0 Å². The van der Waals surface area contributed by atoms with Crippen LogP contribution in [0.5, 0.6) is 5.75 Å². The summed E-state index contributed by atoms with van der Waals surface area (Å²) < 4.78 is 7.81. The lowest BCUT2D eigenvalue weighted by atomic mass is 9.84. The van der Waals surface area contributed by atoms with Crippen LogP contribution < -0.4 is 10.2 Å². The maximum Gasteiger partial charge on any atom is 0.280 e. The van der Waals surface area contributed by atoms with Gasteiger partial charge in [-0.05, 0) is 36.1 Å². The number of aromatic nitrogens is 3. The first kappa shape index (κ1) is 22.1. The number of nitrogens with one attached hydrogen (secondary N) is 1. The predicted molar refractivity (Wildman–Crippen MR) is 129 cm³/mol. The molecular formula is C27H28N4O3. The zero-order chi connectivity index (χ0) is 23.3. The molecule has 0 aliphatic heterocycles. The number of rotatable bonds is 7. The Morgan fingerprint density at radius 3 is 2.53 bits per heavy atom. The van der Waals surface area contributed by atoms with Crippen LogP contribution in [0, 0.1) is 0 Å². The number of hydrogen-bond donors (Lipinski definition) is 1. The highest BCUT2D eigenvalue weighted by Crippen LogP contribution is 2.38. The van der Waals surface area contributed by atoms with Crippen LogP contribution in [-0.2, 0) is 11.4 Å². The predicted octanol–water partition coefficient (Wildman–Crippen LogP) is 5.31. The summed E-state index contributed by atoms with van der Waals surface area (Å²) in [6, 6.07) is 18.2. The first-order valence-electron chi connectivity index (χ1n) is 11.7. The van der Waals surface area contributed by atoms with Crippen molar-refractivity contribution >= 4 is 11.6 Å². The molecule has 7 nitrogen and oxygen atoms in total. The second kappa shape index (κ2) is 10.1. The van der Waals surface area contributed by atoms with Crippen molar-refractivity contribution < 1.29 is 14.4 Å². The molecule has 1 N–H and O–H groups in total. The van der Waals surface area contributed by atoms with E-state index < -0.39 is 0 Å². The van der Waals surface area contributed by atoms with Gasteiger partial charge in [-0.2, -0.15) is 5.10 Å². The first-order valence-corrected chi connectivity index (χ1v) is 11.7. The van der Waals surface area contributed by atoms with E-state index in [1.54, 1.807) is 6.20 Å². The molecular weight excluding hydrogens is 428 g/mol. The van der Waals surface area contributed by atoms with E-state index in [0.29, 0.717) is 23.7 Å². The minimum atomic E-state index is -0.354. The van der Waals surface area contributed by atoms with Crippen LogP contribution in [0.15, 0.2) is 67.0 Å². The Bertz CT molecular complexity index is 1260. The number of fused-ring (bicyclic) bond motifs is 1. The fraction of sp³-hybridized carbons (Fsp3) is 0.296. The van der Waals surface area contributed by atoms with Crippen molar-refractivity contribution in [1.29, 1.82) is 0 Å². The van der Waals surface area contributed by atoms with Crippen LogP contribution in [0.3, 0.4) is 0 Å². The lowest BCUT2D eigenvalue weighted by Crippen LogP contribution is -2.22. The van der Waals surface area contributed by atoms with Crippen molar-refractivity contribution in [2.24, 2.45) is 0 Å². The summed E-state index contributed by atoms with van der Waals surface area (Å²) in [4.78, 5) is 21.8. The van der Waals surface area contributed by atoms with Gasteiger partial charge in [-0.1, -0.05) is 61.7 Å². The van der Waals surface area contributed by atoms with Gasteiger partial charge in [0.25, 0.3) is 5.91 Å². The molecule has 174 valence electrons. The molecule has 1 saturated carbocycles. The van der Waals surface area contributed by atoms with Gasteiger partial charge in [-0.3, -0.25) is 9.63 Å². The van der Waals surface area contributed by atoms with Crippen molar-refractivity contribution in [2.45, 2.75) is 44.6 Å². The molecule has 5 rings (SSSR count). The van der Waals surface area contributed by atoms with Gasteiger partial charge in [0.05, 0.1) is 19.0 Å². The van der Waals surface area contributed by atoms with E-state index in [1.165, 1.54) is 26.4 Å². The molecule has 2 aromatic carbocycles. The molecule has 0 radical (unpaired) electrons. The van der Waals surface area contributed by atoms with Crippen molar-refractivity contribution in [1.82, 2.24) is 20.1 Å². The van der Waals surface area contributed by atoms with Gasteiger partial charge in [0.1, 0.15) is 17.9 Å². The third-order valence-electron chi connectivity index (χ3n) is 6.41. The minimum Gasteiger partial charge on any atom is -0.489 e. The van der Waals surface area contributed by atoms with Gasteiger partial charge >= 0.3 is 0 Å². The number of nitrogens with zero attached hydrogens (tertiary/aromatic N) is 3. The number of amides is 1. The molecule has 1 aliphatic rings. The van der Waals surface area contributed by atoms with Gasteiger partial charge in [-0.25, -0.2) is 15.0 Å². The molecule has 4 aromatic rings. The normalized spacial score (nSPS) is 14.3. The van der Waals surface area contributed by atoms with Crippen molar-refractivity contribution in [3.05, 3.63) is 83.8 Å². The van der Waals surface area contributed by atoms with Gasteiger partial charge in [0.2, 0.25) is 0 Å². The summed E-state index contributed by atoms with van der Waals surface area (Å²) in [6.07, 6.45) is 9.27. The highest BCUT2D eigenvalue weighted by molar-refractivity contribution is 5.99. The van der Waals surface area contributed by atoms with E-state index in [1.807, 2.05) is 41.0 Å². The maximum atomic E-state index is 12.4. The Morgan fingerprint density at radius 1 is 1.03 bits per heavy atom. The number of ether oxygens (including phenoxy) is 1. The second-order valence-electron chi connectivity index (χ2n) is 8.62. The largest absolute Gasteiger partial charge is 0.489 e. The van der Waals surface area contributed by atoms with E-state index in [-0.39, 0.29) is 5.91 Å². The number of hydroxylamine groups is 1. The molecule has 1 fully saturated rings. The van der Waals surface area contributed by atoms with E-state index >= 15 is 0 Å². The maximum absolute atomic E-state index is 12.4. The van der Waals surface area contributed by atoms with Crippen LogP contribution in [-0.4, -0.2) is 27.6 Å². The average molecular weight is 457 g/mol. The molecule has 0 bridgehead atoms. The highest BCUT2D eigenvalue weighted by Gasteiger charge is 2.25. The average Bonchev–Trinajstić information content (AvgIpc) is 3.33. The van der Waals surface area contributed by atoms with E-state index in [0.717, 1.165) is 41.0 Å². The standard InChI is InChI=1S/C27H28N4O3/c1-33-30-27(32)24-17-29-31-25(21-10-6-3-7-11-21)23(16-28-26(24)31)20-12-14-22(15-13-20)34-18-19-8-4-2-5-9-19/h2,4-5,8-9,12-17,21H,3,6-7,10-11,18H2,1H3,(H,30,32). The third-order valence-corrected chi connectivity index (χ3v) is 6.41. The molecule has 34 heavy (non-hydrogen) atoms. The van der Waals surface area contributed by atoms with Gasteiger partial charge in [0, 0.05) is 17.7 Å². The van der Waals surface area contributed by atoms with Crippen LogP contribution in [0.25, 0.3) is 16.8 Å². The second-order valence-corrected chi connectivity index (χ2v) is 8.62. The lowest BCUT2D eigenvalue weighted by molar-refractivity contribution is 0.0539. The Labute approximate surface area is 198 Å². The number of carbonyl (C=O) groups excluding carboxylic acids is 1. The van der Waals surface area contributed by atoms with Crippen molar-refractivity contribution in [2.75, 3.05) is 7.11 Å². The summed E-state index contributed by atoms with van der Waals surface area (Å²) >= 11 is 0. The number of hydrogen-bond acceptors (Lipinski definition) is 5. The molecule has 2 heterocycles. The zero-order valence-corrected chi connectivity index (χ0v) is 19.2. The molecule has 7 heteroatoms. The summed E-state index contributed by atoms with van der Waals surface area (Å²) in [5.41, 5.74) is 7.65. The summed E-state index contributed by atoms with van der Waals surface area (Å²) in [7, 11) is 1.41. The zero-order valence-electron chi connectivity index (χ0n) is 19.2. The fourth-order valence-electron chi connectivity index (χ4n) is 4.72. The van der Waals surface area contributed by atoms with Crippen molar-refractivity contribution in [3.8, 4) is 16.9 Å². The Balaban J connectivity index is 1.48. The number of carbonyl (C=O) groups is 1. The SMILES string of the molecule is CONC(=O)c1cnn2c(C3CCCCC3)c(-c3ccc(OCc4ccccc4)cc3)cnc12. The van der Waals surface area contributed by atoms with E-state index in [4.69, 9.17) is 9.57 Å². The quantitative estimate of drug-likeness (QED) is 0.381. The summed E-state index contributed by atoms with van der Waals surface area (Å²) in [5.74, 6) is 0.826. The van der Waals surface area contributed by atoms with Gasteiger partial charge in [0.15, 0.2) is 5.65 Å². The Kier molecular flexibility index (Phi) is 6.53. The molecule has 1 aliphatic carbocycles. The van der Waals surface area contributed by atoms with Crippen LogP contribution in [0.4, 0.5) is 0 Å². The molecule has 1 amide bonds. The molecule has 0 atom stereocenters. The van der Waals surface area contributed by atoms with E-state index in [2.05, 4.69) is 39.8 Å². The van der Waals surface area contributed by atoms with Crippen LogP contribution >= 0.6 is 0 Å². The minimum absolute atomic E-state index is 0.354. The van der Waals surface area contributed by atoms with Gasteiger partial charge < -0.3 is 4.74 Å². The lowest BCUT2D eigenvalue weighted by Gasteiger charge is -2.25. The Morgan fingerprint density at radius 2 is 1.79 bits per heavy atom. The topological polar surface area (TPSA) is 77.8 Å². The third kappa shape index (κ3) is 4.52. The summed E-state index contributed by atoms with van der Waals surface area (Å²) in [6.45, 7) is 0.528. The highest BCUT2D eigenvalue weighted by atomic mass is 16.6. The van der Waals surface area contributed by atoms with E-state index in [9.17, 15) is 4.79 Å². The van der Waals surface area contributed by atoms with Crippen LogP contribution in [0.1, 0.15) is 59.6 Å².